The third-order valence-corrected chi connectivity index (χ3v) is 2.78. The van der Waals surface area contributed by atoms with Crippen LogP contribution in [0.4, 0.5) is 0 Å². The summed E-state index contributed by atoms with van der Waals surface area (Å²) in [4.78, 5) is 16.0. The molecular weight excluding hydrogens is 162 g/mol. The molecule has 1 amide bonds. The van der Waals surface area contributed by atoms with E-state index in [2.05, 4.69) is 5.48 Å². The van der Waals surface area contributed by atoms with Gasteiger partial charge in [0, 0.05) is 11.7 Å². The summed E-state index contributed by atoms with van der Waals surface area (Å²) in [5, 5.41) is 0. The van der Waals surface area contributed by atoms with E-state index in [4.69, 9.17) is 4.84 Å². The van der Waals surface area contributed by atoms with E-state index in [0.29, 0.717) is 6.61 Å². The summed E-state index contributed by atoms with van der Waals surface area (Å²) in [6, 6.07) is 0. The van der Waals surface area contributed by atoms with Crippen molar-refractivity contribution in [2.24, 2.45) is 5.92 Å². The van der Waals surface area contributed by atoms with Crippen LogP contribution in [0.1, 0.15) is 13.3 Å². The van der Waals surface area contributed by atoms with Crippen LogP contribution in [0.2, 0.25) is 0 Å². The molecular formula is C7H13NO2S. The number of amides is 1. The van der Waals surface area contributed by atoms with Gasteiger partial charge >= 0.3 is 0 Å². The molecule has 0 aromatic rings. The molecule has 0 aromatic heterocycles. The molecule has 1 saturated heterocycles. The second-order valence-electron chi connectivity index (χ2n) is 2.46. The Morgan fingerprint density at radius 2 is 2.64 bits per heavy atom. The second-order valence-corrected chi connectivity index (χ2v) is 3.61. The molecule has 0 bridgehead atoms. The highest BCUT2D eigenvalue weighted by Crippen LogP contribution is 2.23. The van der Waals surface area contributed by atoms with E-state index >= 15 is 0 Å². The predicted octanol–water partition coefficient (Wildman–Crippen LogP) is 0.807. The minimum Gasteiger partial charge on any atom is -0.274 e. The van der Waals surface area contributed by atoms with Crippen molar-refractivity contribution in [3.8, 4) is 0 Å². The summed E-state index contributed by atoms with van der Waals surface area (Å²) in [5.74, 6) is 2.26. The Morgan fingerprint density at radius 1 is 1.82 bits per heavy atom. The van der Waals surface area contributed by atoms with Gasteiger partial charge in [0.1, 0.15) is 0 Å². The van der Waals surface area contributed by atoms with Crippen molar-refractivity contribution in [1.29, 1.82) is 0 Å². The number of carbonyl (C=O) groups excluding carboxylic acids is 1. The number of nitrogens with one attached hydrogen (secondary N) is 1. The number of hydrogen-bond acceptors (Lipinski definition) is 3. The van der Waals surface area contributed by atoms with Crippen LogP contribution < -0.4 is 5.48 Å². The van der Waals surface area contributed by atoms with Gasteiger partial charge in [-0.05, 0) is 19.1 Å². The smallest absolute Gasteiger partial charge is 0.247 e. The first-order valence-corrected chi connectivity index (χ1v) is 4.99. The molecule has 0 aliphatic carbocycles. The third-order valence-electron chi connectivity index (χ3n) is 1.62. The fourth-order valence-corrected chi connectivity index (χ4v) is 2.19. The van der Waals surface area contributed by atoms with Crippen LogP contribution in [0.5, 0.6) is 0 Å². The average Bonchev–Trinajstić information content (AvgIpc) is 2.52. The molecule has 4 heteroatoms. The van der Waals surface area contributed by atoms with E-state index in [-0.39, 0.29) is 11.8 Å². The highest BCUT2D eigenvalue weighted by atomic mass is 32.2. The Bertz CT molecular complexity index is 134. The van der Waals surface area contributed by atoms with Crippen LogP contribution in [0.15, 0.2) is 0 Å². The molecule has 64 valence electrons. The summed E-state index contributed by atoms with van der Waals surface area (Å²) < 4.78 is 0. The Labute approximate surface area is 70.8 Å². The number of thioether (sulfide) groups is 1. The maximum absolute atomic E-state index is 11.2. The predicted molar refractivity (Wildman–Crippen MR) is 45.2 cm³/mol. The first-order chi connectivity index (χ1) is 5.34. The number of carbonyl (C=O) groups is 1. The van der Waals surface area contributed by atoms with Crippen LogP contribution in [-0.4, -0.2) is 24.0 Å². The molecule has 0 spiro atoms. The largest absolute Gasteiger partial charge is 0.274 e. The second kappa shape index (κ2) is 4.62. The van der Waals surface area contributed by atoms with Crippen molar-refractivity contribution in [3.63, 3.8) is 0 Å². The summed E-state index contributed by atoms with van der Waals surface area (Å²) in [5.41, 5.74) is 2.42. The zero-order chi connectivity index (χ0) is 8.10. The van der Waals surface area contributed by atoms with Gasteiger partial charge in [-0.1, -0.05) is 0 Å². The molecule has 1 N–H and O–H groups in total. The van der Waals surface area contributed by atoms with Gasteiger partial charge in [-0.25, -0.2) is 5.48 Å². The lowest BCUT2D eigenvalue weighted by Gasteiger charge is -2.07. The van der Waals surface area contributed by atoms with Crippen LogP contribution in [0.25, 0.3) is 0 Å². The van der Waals surface area contributed by atoms with Gasteiger partial charge in [0.25, 0.3) is 0 Å². The van der Waals surface area contributed by atoms with Crippen LogP contribution >= 0.6 is 11.8 Å². The third kappa shape index (κ3) is 2.71. The maximum Gasteiger partial charge on any atom is 0.247 e. The number of hydrogen-bond donors (Lipinski definition) is 1. The SMILES string of the molecule is CCONC(=O)C1CCSC1. The molecule has 3 nitrogen and oxygen atoms in total. The van der Waals surface area contributed by atoms with Gasteiger partial charge in [-0.15, -0.1) is 0 Å². The fraction of sp³-hybridized carbons (Fsp3) is 0.857. The summed E-state index contributed by atoms with van der Waals surface area (Å²) in [6.07, 6.45) is 0.990. The van der Waals surface area contributed by atoms with E-state index < -0.39 is 0 Å². The lowest BCUT2D eigenvalue weighted by Crippen LogP contribution is -2.30. The molecule has 1 aliphatic heterocycles. The molecule has 11 heavy (non-hydrogen) atoms. The number of rotatable bonds is 3. The lowest BCUT2D eigenvalue weighted by molar-refractivity contribution is -0.136. The Kier molecular flexibility index (Phi) is 3.72. The van der Waals surface area contributed by atoms with E-state index in [1.165, 1.54) is 0 Å². The zero-order valence-corrected chi connectivity index (χ0v) is 7.45. The van der Waals surface area contributed by atoms with Crippen molar-refractivity contribution >= 4 is 17.7 Å². The maximum atomic E-state index is 11.2. The molecule has 1 unspecified atom stereocenters. The van der Waals surface area contributed by atoms with Crippen LogP contribution in [-0.2, 0) is 9.63 Å². The quantitative estimate of drug-likeness (QED) is 0.645. The van der Waals surface area contributed by atoms with E-state index in [1.807, 2.05) is 18.7 Å². The highest BCUT2D eigenvalue weighted by molar-refractivity contribution is 7.99. The Hall–Kier alpha value is -0.220. The monoisotopic (exact) mass is 175 g/mol. The first-order valence-electron chi connectivity index (χ1n) is 3.84. The van der Waals surface area contributed by atoms with Crippen molar-refractivity contribution in [2.75, 3.05) is 18.1 Å². The molecule has 1 rings (SSSR count). The van der Waals surface area contributed by atoms with Crippen LogP contribution in [0, 0.1) is 5.92 Å². The van der Waals surface area contributed by atoms with E-state index in [0.717, 1.165) is 17.9 Å². The minimum absolute atomic E-state index is 0.0388. The van der Waals surface area contributed by atoms with E-state index in [1.54, 1.807) is 0 Å². The normalized spacial score (nSPS) is 23.5. The Morgan fingerprint density at radius 3 is 3.18 bits per heavy atom. The highest BCUT2D eigenvalue weighted by Gasteiger charge is 2.22. The fourth-order valence-electron chi connectivity index (χ4n) is 0.968. The standard InChI is InChI=1S/C7H13NO2S/c1-2-10-8-7(9)6-3-4-11-5-6/h6H,2-5H2,1H3,(H,8,9). The zero-order valence-electron chi connectivity index (χ0n) is 6.63. The molecule has 1 aliphatic rings. The van der Waals surface area contributed by atoms with Crippen molar-refractivity contribution in [3.05, 3.63) is 0 Å². The molecule has 1 atom stereocenters. The van der Waals surface area contributed by atoms with Gasteiger partial charge in [-0.2, -0.15) is 11.8 Å². The van der Waals surface area contributed by atoms with Gasteiger partial charge in [0.2, 0.25) is 5.91 Å². The summed E-state index contributed by atoms with van der Waals surface area (Å²) in [6.45, 7) is 2.38. The topological polar surface area (TPSA) is 38.3 Å². The molecule has 0 saturated carbocycles. The van der Waals surface area contributed by atoms with Gasteiger partial charge in [0.15, 0.2) is 0 Å². The van der Waals surface area contributed by atoms with Crippen molar-refractivity contribution < 1.29 is 9.63 Å². The van der Waals surface area contributed by atoms with E-state index in [9.17, 15) is 4.79 Å². The molecule has 1 fully saturated rings. The van der Waals surface area contributed by atoms with Crippen LogP contribution in [0.3, 0.4) is 0 Å². The molecule has 0 radical (unpaired) electrons. The lowest BCUT2D eigenvalue weighted by atomic mass is 10.1. The molecule has 1 heterocycles. The Balaban J connectivity index is 2.17. The number of hydroxylamine groups is 1. The van der Waals surface area contributed by atoms with Gasteiger partial charge in [-0.3, -0.25) is 9.63 Å². The summed E-state index contributed by atoms with van der Waals surface area (Å²) >= 11 is 1.83. The first kappa shape index (κ1) is 8.87. The minimum atomic E-state index is 0.0388. The van der Waals surface area contributed by atoms with Gasteiger partial charge in [0.05, 0.1) is 6.61 Å². The van der Waals surface area contributed by atoms with Crippen molar-refractivity contribution in [1.82, 2.24) is 5.48 Å². The summed E-state index contributed by atoms with van der Waals surface area (Å²) in [7, 11) is 0. The van der Waals surface area contributed by atoms with Crippen molar-refractivity contribution in [2.45, 2.75) is 13.3 Å². The van der Waals surface area contributed by atoms with Gasteiger partial charge < -0.3 is 0 Å². The average molecular weight is 175 g/mol. The molecule has 0 aromatic carbocycles.